The number of esters is 1. The molecule has 1 unspecified atom stereocenters. The van der Waals surface area contributed by atoms with E-state index in [0.29, 0.717) is 5.02 Å². The van der Waals surface area contributed by atoms with Crippen molar-refractivity contribution in [3.05, 3.63) is 34.3 Å². The second-order valence-corrected chi connectivity index (χ2v) is 3.66. The van der Waals surface area contributed by atoms with E-state index in [1.807, 2.05) is 19.1 Å². The molecule has 1 aromatic rings. The van der Waals surface area contributed by atoms with Gasteiger partial charge in [0.15, 0.2) is 0 Å². The third-order valence-electron chi connectivity index (χ3n) is 2.25. The zero-order chi connectivity index (χ0) is 10.7. The lowest BCUT2D eigenvalue weighted by molar-refractivity contribution is -0.141. The molecule has 0 aromatic heterocycles. The minimum absolute atomic E-state index is 0.245. The summed E-state index contributed by atoms with van der Waals surface area (Å²) in [5.41, 5.74) is 1.89. The van der Waals surface area contributed by atoms with Crippen LogP contribution in [0.3, 0.4) is 0 Å². The maximum atomic E-state index is 11.2. The van der Waals surface area contributed by atoms with Crippen LogP contribution in [0, 0.1) is 6.92 Å². The molecule has 76 valence electrons. The molecule has 0 radical (unpaired) electrons. The lowest BCUT2D eigenvalue weighted by Gasteiger charge is -2.10. The van der Waals surface area contributed by atoms with Crippen LogP contribution in [0.4, 0.5) is 0 Å². The first-order chi connectivity index (χ1) is 6.56. The number of hydrogen-bond donors (Lipinski definition) is 0. The van der Waals surface area contributed by atoms with Crippen molar-refractivity contribution < 1.29 is 9.53 Å². The van der Waals surface area contributed by atoms with Gasteiger partial charge >= 0.3 is 5.97 Å². The Bertz CT molecular complexity index is 347. The van der Waals surface area contributed by atoms with Crippen LogP contribution in [-0.2, 0) is 9.53 Å². The molecule has 0 saturated carbocycles. The van der Waals surface area contributed by atoms with E-state index < -0.39 is 0 Å². The van der Waals surface area contributed by atoms with Gasteiger partial charge in [-0.3, -0.25) is 4.79 Å². The van der Waals surface area contributed by atoms with Crippen molar-refractivity contribution in [2.45, 2.75) is 19.8 Å². The number of halogens is 1. The van der Waals surface area contributed by atoms with E-state index >= 15 is 0 Å². The molecule has 1 rings (SSSR count). The molecule has 2 nitrogen and oxygen atoms in total. The van der Waals surface area contributed by atoms with Crippen molar-refractivity contribution in [3.63, 3.8) is 0 Å². The molecule has 0 aliphatic heterocycles. The summed E-state index contributed by atoms with van der Waals surface area (Å²) < 4.78 is 4.65. The van der Waals surface area contributed by atoms with Gasteiger partial charge in [0.25, 0.3) is 0 Å². The average Bonchev–Trinajstić information content (AvgIpc) is 2.20. The van der Waals surface area contributed by atoms with Crippen LogP contribution in [-0.4, -0.2) is 13.1 Å². The van der Waals surface area contributed by atoms with Gasteiger partial charge in [0.05, 0.1) is 13.0 Å². The fraction of sp³-hybridized carbons (Fsp3) is 0.364. The van der Waals surface area contributed by atoms with E-state index in [0.717, 1.165) is 11.1 Å². The van der Waals surface area contributed by atoms with E-state index in [2.05, 4.69) is 4.74 Å². The van der Waals surface area contributed by atoms with E-state index in [4.69, 9.17) is 11.6 Å². The molecule has 1 aromatic carbocycles. The molecule has 0 fully saturated rings. The van der Waals surface area contributed by atoms with Crippen molar-refractivity contribution >= 4 is 17.6 Å². The first kappa shape index (κ1) is 11.1. The van der Waals surface area contributed by atoms with Gasteiger partial charge in [-0.2, -0.15) is 0 Å². The molecule has 0 spiro atoms. The molecule has 0 aliphatic carbocycles. The molecule has 0 amide bonds. The van der Waals surface area contributed by atoms with Gasteiger partial charge in [-0.1, -0.05) is 23.7 Å². The largest absolute Gasteiger partial charge is 0.469 e. The minimum atomic E-state index is -0.266. The fourth-order valence-electron chi connectivity index (χ4n) is 1.19. The third kappa shape index (κ3) is 2.26. The first-order valence-corrected chi connectivity index (χ1v) is 4.78. The van der Waals surface area contributed by atoms with Crippen LogP contribution in [0.1, 0.15) is 24.0 Å². The Morgan fingerprint density at radius 2 is 2.14 bits per heavy atom. The Morgan fingerprint density at radius 3 is 2.64 bits per heavy atom. The summed E-state index contributed by atoms with van der Waals surface area (Å²) in [6.07, 6.45) is 0. The van der Waals surface area contributed by atoms with Crippen LogP contribution in [0.25, 0.3) is 0 Å². The SMILES string of the molecule is COC(=O)C(C)c1ccc(C)c(Cl)c1. The van der Waals surface area contributed by atoms with Gasteiger partial charge in [-0.25, -0.2) is 0 Å². The van der Waals surface area contributed by atoms with Gasteiger partial charge < -0.3 is 4.74 Å². The first-order valence-electron chi connectivity index (χ1n) is 4.40. The number of aryl methyl sites for hydroxylation is 1. The average molecular weight is 213 g/mol. The monoisotopic (exact) mass is 212 g/mol. The number of carbonyl (C=O) groups excluding carboxylic acids is 1. The Kier molecular flexibility index (Phi) is 3.53. The molecule has 1 atom stereocenters. The highest BCUT2D eigenvalue weighted by Gasteiger charge is 2.15. The summed E-state index contributed by atoms with van der Waals surface area (Å²) in [5, 5.41) is 0.679. The predicted octanol–water partition coefficient (Wildman–Crippen LogP) is 2.92. The minimum Gasteiger partial charge on any atom is -0.469 e. The molecular weight excluding hydrogens is 200 g/mol. The maximum absolute atomic E-state index is 11.2. The fourth-order valence-corrected chi connectivity index (χ4v) is 1.38. The van der Waals surface area contributed by atoms with Crippen molar-refractivity contribution in [1.29, 1.82) is 0 Å². The molecule has 0 N–H and O–H groups in total. The second kappa shape index (κ2) is 4.47. The van der Waals surface area contributed by atoms with Crippen molar-refractivity contribution in [2.75, 3.05) is 7.11 Å². The van der Waals surface area contributed by atoms with Gasteiger partial charge in [0.2, 0.25) is 0 Å². The Morgan fingerprint density at radius 1 is 1.50 bits per heavy atom. The van der Waals surface area contributed by atoms with Crippen LogP contribution < -0.4 is 0 Å². The van der Waals surface area contributed by atoms with Crippen LogP contribution in [0.2, 0.25) is 5.02 Å². The normalized spacial score (nSPS) is 12.3. The zero-order valence-electron chi connectivity index (χ0n) is 8.50. The quantitative estimate of drug-likeness (QED) is 0.705. The van der Waals surface area contributed by atoms with Gasteiger partial charge in [-0.05, 0) is 31.0 Å². The summed E-state index contributed by atoms with van der Waals surface area (Å²) in [4.78, 5) is 11.2. The smallest absolute Gasteiger partial charge is 0.312 e. The van der Waals surface area contributed by atoms with E-state index in [1.54, 1.807) is 13.0 Å². The number of methoxy groups -OCH3 is 1. The van der Waals surface area contributed by atoms with E-state index in [-0.39, 0.29) is 11.9 Å². The lowest BCUT2D eigenvalue weighted by Crippen LogP contribution is -2.10. The molecule has 0 heterocycles. The van der Waals surface area contributed by atoms with Gasteiger partial charge in [-0.15, -0.1) is 0 Å². The molecule has 0 aliphatic rings. The van der Waals surface area contributed by atoms with E-state index in [1.165, 1.54) is 7.11 Å². The second-order valence-electron chi connectivity index (χ2n) is 3.25. The standard InChI is InChI=1S/C11H13ClO2/c1-7-4-5-9(6-10(7)12)8(2)11(13)14-3/h4-6,8H,1-3H3. The summed E-state index contributed by atoms with van der Waals surface area (Å²) in [5.74, 6) is -0.511. The van der Waals surface area contributed by atoms with Crippen LogP contribution >= 0.6 is 11.6 Å². The maximum Gasteiger partial charge on any atom is 0.312 e. The Balaban J connectivity index is 2.96. The van der Waals surface area contributed by atoms with Crippen molar-refractivity contribution in [3.8, 4) is 0 Å². The summed E-state index contributed by atoms with van der Waals surface area (Å²) in [6.45, 7) is 3.72. The predicted molar refractivity (Wildman–Crippen MR) is 56.6 cm³/mol. The summed E-state index contributed by atoms with van der Waals surface area (Å²) >= 11 is 5.95. The summed E-state index contributed by atoms with van der Waals surface area (Å²) in [7, 11) is 1.38. The van der Waals surface area contributed by atoms with Crippen molar-refractivity contribution in [1.82, 2.24) is 0 Å². The molecule has 14 heavy (non-hydrogen) atoms. The number of carbonyl (C=O) groups is 1. The van der Waals surface area contributed by atoms with Crippen LogP contribution in [0.15, 0.2) is 18.2 Å². The highest BCUT2D eigenvalue weighted by molar-refractivity contribution is 6.31. The molecule has 0 saturated heterocycles. The van der Waals surface area contributed by atoms with Gasteiger partial charge in [0, 0.05) is 5.02 Å². The van der Waals surface area contributed by atoms with Gasteiger partial charge in [0.1, 0.15) is 0 Å². The number of rotatable bonds is 2. The number of ether oxygens (including phenoxy) is 1. The molecule has 0 bridgehead atoms. The van der Waals surface area contributed by atoms with E-state index in [9.17, 15) is 4.79 Å². The molecular formula is C11H13ClO2. The topological polar surface area (TPSA) is 26.3 Å². The summed E-state index contributed by atoms with van der Waals surface area (Å²) in [6, 6.07) is 5.60. The third-order valence-corrected chi connectivity index (χ3v) is 2.66. The number of hydrogen-bond acceptors (Lipinski definition) is 2. The zero-order valence-corrected chi connectivity index (χ0v) is 9.26. The van der Waals surface area contributed by atoms with Crippen LogP contribution in [0.5, 0.6) is 0 Å². The number of benzene rings is 1. The Labute approximate surface area is 88.8 Å². The lowest BCUT2D eigenvalue weighted by atomic mass is 10.0. The molecule has 3 heteroatoms. The highest BCUT2D eigenvalue weighted by atomic mass is 35.5. The highest BCUT2D eigenvalue weighted by Crippen LogP contribution is 2.23. The van der Waals surface area contributed by atoms with Crippen molar-refractivity contribution in [2.24, 2.45) is 0 Å². The Hall–Kier alpha value is -1.02.